The van der Waals surface area contributed by atoms with E-state index < -0.39 is 0 Å². The Hall–Kier alpha value is -0.890. The number of rotatable bonds is 10. The molecule has 1 rings (SSSR count). The van der Waals surface area contributed by atoms with Gasteiger partial charge in [-0.2, -0.15) is 0 Å². The van der Waals surface area contributed by atoms with Crippen molar-refractivity contribution in [3.05, 3.63) is 35.6 Å². The van der Waals surface area contributed by atoms with Crippen molar-refractivity contribution in [3.63, 3.8) is 0 Å². The molecule has 1 nitrogen and oxygen atoms in total. The molecule has 1 N–H and O–H groups in total. The quantitative estimate of drug-likeness (QED) is 0.571. The van der Waals surface area contributed by atoms with Gasteiger partial charge in [-0.15, -0.1) is 0 Å². The Kier molecular flexibility index (Phi) is 8.48. The summed E-state index contributed by atoms with van der Waals surface area (Å²) >= 11 is 0. The average molecular weight is 265 g/mol. The van der Waals surface area contributed by atoms with E-state index in [1.807, 2.05) is 6.07 Å². The van der Waals surface area contributed by atoms with Gasteiger partial charge in [0.2, 0.25) is 0 Å². The lowest BCUT2D eigenvalue weighted by Gasteiger charge is -2.14. The van der Waals surface area contributed by atoms with Crippen molar-refractivity contribution in [1.29, 1.82) is 0 Å². The van der Waals surface area contributed by atoms with Gasteiger partial charge in [0.25, 0.3) is 0 Å². The summed E-state index contributed by atoms with van der Waals surface area (Å²) in [6.07, 6.45) is 9.28. The Labute approximate surface area is 117 Å². The normalized spacial score (nSPS) is 12.6. The standard InChI is InChI=1S/C17H28FN/c1-3-4-5-6-7-8-9-13-19-15(2)16-11-10-12-17(18)14-16/h10-12,14-15,19H,3-9,13H2,1-2H3. The van der Waals surface area contributed by atoms with Crippen molar-refractivity contribution < 1.29 is 4.39 Å². The fourth-order valence-electron chi connectivity index (χ4n) is 2.29. The van der Waals surface area contributed by atoms with E-state index in [4.69, 9.17) is 0 Å². The van der Waals surface area contributed by atoms with Gasteiger partial charge in [-0.1, -0.05) is 57.6 Å². The topological polar surface area (TPSA) is 12.0 Å². The number of unbranched alkanes of at least 4 members (excludes halogenated alkanes) is 6. The summed E-state index contributed by atoms with van der Waals surface area (Å²) in [4.78, 5) is 0. The zero-order valence-electron chi connectivity index (χ0n) is 12.4. The van der Waals surface area contributed by atoms with Gasteiger partial charge in [0.1, 0.15) is 5.82 Å². The summed E-state index contributed by atoms with van der Waals surface area (Å²) in [5, 5.41) is 3.46. The van der Waals surface area contributed by atoms with Crippen molar-refractivity contribution >= 4 is 0 Å². The third kappa shape index (κ3) is 7.31. The van der Waals surface area contributed by atoms with Crippen LogP contribution in [0.1, 0.15) is 70.4 Å². The molecular formula is C17H28FN. The summed E-state index contributed by atoms with van der Waals surface area (Å²) in [5.41, 5.74) is 1.03. The van der Waals surface area contributed by atoms with E-state index in [1.165, 1.54) is 51.0 Å². The Morgan fingerprint density at radius 2 is 1.74 bits per heavy atom. The maximum absolute atomic E-state index is 13.1. The van der Waals surface area contributed by atoms with Gasteiger partial charge in [-0.05, 0) is 37.6 Å². The SMILES string of the molecule is CCCCCCCCCNC(C)c1cccc(F)c1. The second-order valence-corrected chi connectivity index (χ2v) is 5.35. The van der Waals surface area contributed by atoms with Crippen LogP contribution in [0, 0.1) is 5.82 Å². The lowest BCUT2D eigenvalue weighted by molar-refractivity contribution is 0.521. The Morgan fingerprint density at radius 1 is 1.05 bits per heavy atom. The van der Waals surface area contributed by atoms with Gasteiger partial charge >= 0.3 is 0 Å². The number of hydrogen-bond acceptors (Lipinski definition) is 1. The van der Waals surface area contributed by atoms with Crippen molar-refractivity contribution in [1.82, 2.24) is 5.32 Å². The molecule has 2 heteroatoms. The summed E-state index contributed by atoms with van der Waals surface area (Å²) in [5.74, 6) is -0.151. The highest BCUT2D eigenvalue weighted by Crippen LogP contribution is 2.13. The van der Waals surface area contributed by atoms with E-state index in [1.54, 1.807) is 12.1 Å². The van der Waals surface area contributed by atoms with Gasteiger partial charge in [0, 0.05) is 6.04 Å². The molecule has 108 valence electrons. The minimum Gasteiger partial charge on any atom is -0.310 e. The molecule has 0 saturated carbocycles. The van der Waals surface area contributed by atoms with Crippen LogP contribution in [0.5, 0.6) is 0 Å². The van der Waals surface area contributed by atoms with Crippen LogP contribution in [0.15, 0.2) is 24.3 Å². The van der Waals surface area contributed by atoms with Gasteiger partial charge < -0.3 is 5.32 Å². The molecule has 0 saturated heterocycles. The molecule has 0 amide bonds. The van der Waals surface area contributed by atoms with E-state index >= 15 is 0 Å². The molecule has 0 radical (unpaired) electrons. The molecule has 0 aliphatic carbocycles. The first-order valence-corrected chi connectivity index (χ1v) is 7.73. The lowest BCUT2D eigenvalue weighted by Crippen LogP contribution is -2.19. The molecule has 19 heavy (non-hydrogen) atoms. The molecule has 1 aromatic carbocycles. The minimum atomic E-state index is -0.151. The molecule has 0 bridgehead atoms. The van der Waals surface area contributed by atoms with Crippen molar-refractivity contribution in [2.75, 3.05) is 6.54 Å². The number of benzene rings is 1. The van der Waals surface area contributed by atoms with E-state index in [0.717, 1.165) is 12.1 Å². The van der Waals surface area contributed by atoms with E-state index in [0.29, 0.717) is 0 Å². The van der Waals surface area contributed by atoms with E-state index in [9.17, 15) is 4.39 Å². The molecule has 0 heterocycles. The number of halogens is 1. The van der Waals surface area contributed by atoms with E-state index in [-0.39, 0.29) is 11.9 Å². The number of nitrogens with one attached hydrogen (secondary N) is 1. The molecule has 1 atom stereocenters. The third-order valence-electron chi connectivity index (χ3n) is 3.58. The van der Waals surface area contributed by atoms with Gasteiger partial charge in [-0.25, -0.2) is 4.39 Å². The van der Waals surface area contributed by atoms with Gasteiger partial charge in [0.05, 0.1) is 0 Å². The van der Waals surface area contributed by atoms with Crippen LogP contribution >= 0.6 is 0 Å². The zero-order chi connectivity index (χ0) is 13.9. The lowest BCUT2D eigenvalue weighted by atomic mass is 10.1. The predicted octanol–water partition coefficient (Wildman–Crippen LogP) is 5.23. The second kappa shape index (κ2) is 9.96. The molecule has 1 aromatic rings. The van der Waals surface area contributed by atoms with Gasteiger partial charge in [-0.3, -0.25) is 0 Å². The highest BCUT2D eigenvalue weighted by Gasteiger charge is 2.04. The highest BCUT2D eigenvalue weighted by molar-refractivity contribution is 5.19. The summed E-state index contributed by atoms with van der Waals surface area (Å²) in [6.45, 7) is 5.36. The molecule has 0 aliphatic heterocycles. The maximum Gasteiger partial charge on any atom is 0.123 e. The van der Waals surface area contributed by atoms with Crippen LogP contribution in [0.2, 0.25) is 0 Å². The third-order valence-corrected chi connectivity index (χ3v) is 3.58. The molecule has 0 spiro atoms. The van der Waals surface area contributed by atoms with Crippen LogP contribution in [0.3, 0.4) is 0 Å². The molecular weight excluding hydrogens is 237 g/mol. The van der Waals surface area contributed by atoms with Crippen molar-refractivity contribution in [3.8, 4) is 0 Å². The first-order valence-electron chi connectivity index (χ1n) is 7.73. The molecule has 0 aliphatic rings. The predicted molar refractivity (Wildman–Crippen MR) is 80.8 cm³/mol. The summed E-state index contributed by atoms with van der Waals surface area (Å²) in [6, 6.07) is 7.09. The largest absolute Gasteiger partial charge is 0.310 e. The van der Waals surface area contributed by atoms with Crippen LogP contribution in [0.4, 0.5) is 4.39 Å². The van der Waals surface area contributed by atoms with Crippen molar-refractivity contribution in [2.45, 2.75) is 64.8 Å². The molecule has 0 aromatic heterocycles. The summed E-state index contributed by atoms with van der Waals surface area (Å²) < 4.78 is 13.1. The monoisotopic (exact) mass is 265 g/mol. The smallest absolute Gasteiger partial charge is 0.123 e. The Morgan fingerprint density at radius 3 is 2.42 bits per heavy atom. The average Bonchev–Trinajstić information content (AvgIpc) is 2.41. The van der Waals surface area contributed by atoms with E-state index in [2.05, 4.69) is 19.2 Å². The maximum atomic E-state index is 13.1. The van der Waals surface area contributed by atoms with Crippen molar-refractivity contribution in [2.24, 2.45) is 0 Å². The zero-order valence-corrected chi connectivity index (χ0v) is 12.4. The summed E-state index contributed by atoms with van der Waals surface area (Å²) in [7, 11) is 0. The van der Waals surface area contributed by atoms with Crippen LogP contribution in [0.25, 0.3) is 0 Å². The molecule has 0 fully saturated rings. The Balaban J connectivity index is 2.06. The fourth-order valence-corrected chi connectivity index (χ4v) is 2.29. The minimum absolute atomic E-state index is 0.151. The first-order chi connectivity index (χ1) is 9.24. The van der Waals surface area contributed by atoms with Gasteiger partial charge in [0.15, 0.2) is 0 Å². The van der Waals surface area contributed by atoms with Crippen LogP contribution < -0.4 is 5.32 Å². The first kappa shape index (κ1) is 16.2. The number of hydrogen-bond donors (Lipinski definition) is 1. The Bertz CT molecular complexity index is 338. The highest BCUT2D eigenvalue weighted by atomic mass is 19.1. The second-order valence-electron chi connectivity index (χ2n) is 5.35. The fraction of sp³-hybridized carbons (Fsp3) is 0.647. The van der Waals surface area contributed by atoms with Crippen LogP contribution in [-0.2, 0) is 0 Å². The van der Waals surface area contributed by atoms with Crippen LogP contribution in [-0.4, -0.2) is 6.54 Å². The molecule has 1 unspecified atom stereocenters.